The molecule has 0 amide bonds. The number of rotatable bonds is 4. The Hall–Kier alpha value is -2.41. The Bertz CT molecular complexity index is 528. The summed E-state index contributed by atoms with van der Waals surface area (Å²) in [5, 5.41) is 12.0. The van der Waals surface area contributed by atoms with Crippen LogP contribution in [0.1, 0.15) is 30.6 Å². The van der Waals surface area contributed by atoms with Gasteiger partial charge in [0.05, 0.1) is 18.4 Å². The number of hydrogen-bond acceptors (Lipinski definition) is 4. The summed E-state index contributed by atoms with van der Waals surface area (Å²) in [6.07, 6.45) is 4.01. The highest BCUT2D eigenvalue weighted by Crippen LogP contribution is 2.20. The molecule has 0 saturated heterocycles. The van der Waals surface area contributed by atoms with Gasteiger partial charge >= 0.3 is 0 Å². The van der Waals surface area contributed by atoms with Crippen molar-refractivity contribution in [1.29, 1.82) is 5.26 Å². The zero-order valence-electron chi connectivity index (χ0n) is 10.2. The summed E-state index contributed by atoms with van der Waals surface area (Å²) >= 11 is 0. The Morgan fingerprint density at radius 3 is 2.56 bits per heavy atom. The number of nitriles is 1. The Kier molecular flexibility index (Phi) is 3.87. The third kappa shape index (κ3) is 2.83. The lowest BCUT2D eigenvalue weighted by Crippen LogP contribution is -2.10. The molecule has 0 fully saturated rings. The van der Waals surface area contributed by atoms with E-state index in [9.17, 15) is 0 Å². The highest BCUT2D eigenvalue weighted by molar-refractivity contribution is 5.37. The first-order valence-corrected chi connectivity index (χ1v) is 5.87. The second-order valence-electron chi connectivity index (χ2n) is 3.91. The van der Waals surface area contributed by atoms with Crippen molar-refractivity contribution in [3.05, 3.63) is 54.0 Å². The van der Waals surface area contributed by atoms with E-state index in [4.69, 9.17) is 5.26 Å². The van der Waals surface area contributed by atoms with Crippen LogP contribution in [0.3, 0.4) is 0 Å². The molecule has 0 radical (unpaired) electrons. The first-order valence-electron chi connectivity index (χ1n) is 5.87. The summed E-state index contributed by atoms with van der Waals surface area (Å²) in [5.41, 5.74) is 1.54. The van der Waals surface area contributed by atoms with Crippen molar-refractivity contribution in [2.75, 3.05) is 5.32 Å². The summed E-state index contributed by atoms with van der Waals surface area (Å²) in [7, 11) is 0. The van der Waals surface area contributed by atoms with Gasteiger partial charge in [0.15, 0.2) is 5.69 Å². The third-order valence-corrected chi connectivity index (χ3v) is 2.70. The molecule has 18 heavy (non-hydrogen) atoms. The van der Waals surface area contributed by atoms with Gasteiger partial charge < -0.3 is 5.32 Å². The van der Waals surface area contributed by atoms with Crippen molar-refractivity contribution in [2.24, 2.45) is 0 Å². The van der Waals surface area contributed by atoms with Gasteiger partial charge in [-0.25, -0.2) is 9.97 Å². The van der Waals surface area contributed by atoms with Crippen LogP contribution in [0.15, 0.2) is 42.7 Å². The van der Waals surface area contributed by atoms with E-state index in [0.29, 0.717) is 11.5 Å². The van der Waals surface area contributed by atoms with Crippen molar-refractivity contribution < 1.29 is 0 Å². The number of nitrogens with one attached hydrogen (secondary N) is 1. The van der Waals surface area contributed by atoms with E-state index >= 15 is 0 Å². The summed E-state index contributed by atoms with van der Waals surface area (Å²) in [6.45, 7) is 2.11. The quantitative estimate of drug-likeness (QED) is 0.889. The lowest BCUT2D eigenvalue weighted by atomic mass is 10.1. The molecule has 1 N–H and O–H groups in total. The van der Waals surface area contributed by atoms with E-state index < -0.39 is 0 Å². The van der Waals surface area contributed by atoms with Crippen molar-refractivity contribution in [1.82, 2.24) is 9.97 Å². The molecule has 1 atom stereocenters. The molecule has 0 aliphatic carbocycles. The van der Waals surface area contributed by atoms with Gasteiger partial charge in [-0.15, -0.1) is 0 Å². The minimum absolute atomic E-state index is 0.202. The number of anilines is 1. The van der Waals surface area contributed by atoms with Gasteiger partial charge in [-0.2, -0.15) is 5.26 Å². The van der Waals surface area contributed by atoms with Gasteiger partial charge in [0, 0.05) is 0 Å². The molecule has 1 aromatic carbocycles. The molecule has 0 bridgehead atoms. The van der Waals surface area contributed by atoms with E-state index in [1.165, 1.54) is 11.8 Å². The van der Waals surface area contributed by atoms with Gasteiger partial charge in [0.25, 0.3) is 0 Å². The van der Waals surface area contributed by atoms with Crippen LogP contribution in [-0.2, 0) is 0 Å². The molecule has 0 aliphatic rings. The maximum Gasteiger partial charge on any atom is 0.158 e. The second-order valence-corrected chi connectivity index (χ2v) is 3.91. The lowest BCUT2D eigenvalue weighted by Gasteiger charge is -2.17. The predicted octanol–water partition coefficient (Wildman–Crippen LogP) is 2.91. The zero-order chi connectivity index (χ0) is 12.8. The SMILES string of the molecule is CCC(Nc1cnc(C#N)cn1)c1ccccc1. The molecule has 2 aromatic rings. The number of hydrogen-bond donors (Lipinski definition) is 1. The number of benzene rings is 1. The molecule has 0 saturated carbocycles. The number of nitrogens with zero attached hydrogens (tertiary/aromatic N) is 3. The van der Waals surface area contributed by atoms with E-state index in [-0.39, 0.29) is 6.04 Å². The van der Waals surface area contributed by atoms with Crippen molar-refractivity contribution in [2.45, 2.75) is 19.4 Å². The highest BCUT2D eigenvalue weighted by Gasteiger charge is 2.09. The van der Waals surface area contributed by atoms with Crippen LogP contribution in [-0.4, -0.2) is 9.97 Å². The van der Waals surface area contributed by atoms with Crippen LogP contribution < -0.4 is 5.32 Å². The van der Waals surface area contributed by atoms with Crippen LogP contribution in [0.4, 0.5) is 5.82 Å². The van der Waals surface area contributed by atoms with E-state index in [0.717, 1.165) is 6.42 Å². The van der Waals surface area contributed by atoms with Gasteiger partial charge in [-0.05, 0) is 12.0 Å². The Balaban J connectivity index is 2.13. The highest BCUT2D eigenvalue weighted by atomic mass is 15.0. The summed E-state index contributed by atoms with van der Waals surface area (Å²) in [4.78, 5) is 8.16. The Morgan fingerprint density at radius 2 is 2.00 bits per heavy atom. The third-order valence-electron chi connectivity index (χ3n) is 2.70. The fourth-order valence-electron chi connectivity index (χ4n) is 1.75. The normalized spacial score (nSPS) is 11.6. The fourth-order valence-corrected chi connectivity index (χ4v) is 1.75. The summed E-state index contributed by atoms with van der Waals surface area (Å²) in [6, 6.07) is 12.4. The number of aromatic nitrogens is 2. The van der Waals surface area contributed by atoms with Gasteiger partial charge in [0.2, 0.25) is 0 Å². The minimum Gasteiger partial charge on any atom is -0.362 e. The van der Waals surface area contributed by atoms with Crippen molar-refractivity contribution >= 4 is 5.82 Å². The topological polar surface area (TPSA) is 61.6 Å². The van der Waals surface area contributed by atoms with Crippen LogP contribution in [0.5, 0.6) is 0 Å². The molecular weight excluding hydrogens is 224 g/mol. The molecule has 4 nitrogen and oxygen atoms in total. The Labute approximate surface area is 106 Å². The molecule has 90 valence electrons. The molecule has 4 heteroatoms. The Morgan fingerprint density at radius 1 is 1.22 bits per heavy atom. The first kappa shape index (κ1) is 12.1. The van der Waals surface area contributed by atoms with Crippen LogP contribution in [0.2, 0.25) is 0 Å². The predicted molar refractivity (Wildman–Crippen MR) is 69.8 cm³/mol. The first-order chi connectivity index (χ1) is 8.83. The lowest BCUT2D eigenvalue weighted by molar-refractivity contribution is 0.743. The van der Waals surface area contributed by atoms with Gasteiger partial charge in [0.1, 0.15) is 11.9 Å². The van der Waals surface area contributed by atoms with E-state index in [1.807, 2.05) is 24.3 Å². The molecule has 2 rings (SSSR count). The van der Waals surface area contributed by atoms with Crippen molar-refractivity contribution in [3.63, 3.8) is 0 Å². The maximum absolute atomic E-state index is 8.66. The standard InChI is InChI=1S/C14H14N4/c1-2-13(11-6-4-3-5-7-11)18-14-10-16-12(8-15)9-17-14/h3-7,9-10,13H,2H2,1H3,(H,17,18). The van der Waals surface area contributed by atoms with E-state index in [1.54, 1.807) is 6.20 Å². The molecule has 1 unspecified atom stereocenters. The summed E-state index contributed by atoms with van der Waals surface area (Å²) < 4.78 is 0. The van der Waals surface area contributed by atoms with Crippen molar-refractivity contribution in [3.8, 4) is 6.07 Å². The zero-order valence-corrected chi connectivity index (χ0v) is 10.2. The molecule has 0 aliphatic heterocycles. The van der Waals surface area contributed by atoms with E-state index in [2.05, 4.69) is 34.3 Å². The smallest absolute Gasteiger partial charge is 0.158 e. The summed E-state index contributed by atoms with van der Waals surface area (Å²) in [5.74, 6) is 0.685. The fraction of sp³-hybridized carbons (Fsp3) is 0.214. The largest absolute Gasteiger partial charge is 0.362 e. The molecule has 0 spiro atoms. The van der Waals surface area contributed by atoms with Crippen LogP contribution in [0, 0.1) is 11.3 Å². The average Bonchev–Trinajstić information content (AvgIpc) is 2.46. The van der Waals surface area contributed by atoms with Gasteiger partial charge in [-0.3, -0.25) is 0 Å². The molecule has 1 heterocycles. The second kappa shape index (κ2) is 5.78. The van der Waals surface area contributed by atoms with Crippen LogP contribution in [0.25, 0.3) is 0 Å². The maximum atomic E-state index is 8.66. The molecule has 1 aromatic heterocycles. The average molecular weight is 238 g/mol. The van der Waals surface area contributed by atoms with Gasteiger partial charge in [-0.1, -0.05) is 37.3 Å². The monoisotopic (exact) mass is 238 g/mol. The minimum atomic E-state index is 0.202. The molecular formula is C14H14N4. The van der Waals surface area contributed by atoms with Crippen LogP contribution >= 0.6 is 0 Å².